The summed E-state index contributed by atoms with van der Waals surface area (Å²) in [6, 6.07) is 5.43. The minimum atomic E-state index is -1.15. The molecule has 0 aromatic heterocycles. The molecule has 2 rings (SSSR count). The second-order valence-electron chi connectivity index (χ2n) is 4.60. The summed E-state index contributed by atoms with van der Waals surface area (Å²) in [7, 11) is 0. The maximum absolute atomic E-state index is 12.1. The van der Waals surface area contributed by atoms with Crippen LogP contribution in [0.4, 0.5) is 0 Å². The van der Waals surface area contributed by atoms with Crippen LogP contribution in [-0.2, 0) is 9.59 Å². The van der Waals surface area contributed by atoms with Crippen molar-refractivity contribution in [2.45, 2.75) is 13.0 Å². The summed E-state index contributed by atoms with van der Waals surface area (Å²) < 4.78 is 0. The van der Waals surface area contributed by atoms with Gasteiger partial charge in [-0.2, -0.15) is 0 Å². The van der Waals surface area contributed by atoms with Gasteiger partial charge in [0.1, 0.15) is 0 Å². The molecule has 1 aliphatic rings. The van der Waals surface area contributed by atoms with Gasteiger partial charge in [0, 0.05) is 29.2 Å². The summed E-state index contributed by atoms with van der Waals surface area (Å²) in [5.74, 6) is -1.52. The van der Waals surface area contributed by atoms with Crippen LogP contribution in [0, 0.1) is 0 Å². The lowest BCUT2D eigenvalue weighted by molar-refractivity contribution is -0.141. The molecule has 1 amide bonds. The number of halogens is 1. The highest BCUT2D eigenvalue weighted by Crippen LogP contribution is 2.23. The van der Waals surface area contributed by atoms with Crippen molar-refractivity contribution in [1.29, 1.82) is 0 Å². The summed E-state index contributed by atoms with van der Waals surface area (Å²) in [6.07, 6.45) is 0. The van der Waals surface area contributed by atoms with Gasteiger partial charge in [-0.05, 0) is 18.6 Å². The number of benzene rings is 1. The van der Waals surface area contributed by atoms with Crippen LogP contribution in [0.25, 0.3) is 0 Å². The van der Waals surface area contributed by atoms with Gasteiger partial charge in [0.2, 0.25) is 5.91 Å². The van der Waals surface area contributed by atoms with Crippen molar-refractivity contribution in [1.82, 2.24) is 10.6 Å². The summed E-state index contributed by atoms with van der Waals surface area (Å²) in [5, 5.41) is 15.2. The molecule has 6 heteroatoms. The number of carboxylic acid groups (broad SMARTS) is 1. The second-order valence-corrected chi connectivity index (χ2v) is 5.01. The Kier molecular flexibility index (Phi) is 4.42. The van der Waals surface area contributed by atoms with Crippen molar-refractivity contribution in [3.05, 3.63) is 46.0 Å². The van der Waals surface area contributed by atoms with Gasteiger partial charge in [-0.25, -0.2) is 4.79 Å². The number of nitrogens with one attached hydrogen (secondary N) is 2. The third-order valence-electron chi connectivity index (χ3n) is 3.29. The average molecular weight is 295 g/mol. The summed E-state index contributed by atoms with van der Waals surface area (Å²) >= 11 is 5.99. The molecule has 106 valence electrons. The Morgan fingerprint density at radius 1 is 1.35 bits per heavy atom. The van der Waals surface area contributed by atoms with Crippen LogP contribution in [0.15, 0.2) is 35.4 Å². The highest BCUT2D eigenvalue weighted by molar-refractivity contribution is 6.31. The first-order valence-electron chi connectivity index (χ1n) is 6.18. The van der Waals surface area contributed by atoms with Gasteiger partial charge in [-0.1, -0.05) is 29.8 Å². The van der Waals surface area contributed by atoms with Crippen LogP contribution in [0.5, 0.6) is 0 Å². The number of carbonyl (C=O) groups excluding carboxylic acids is 1. The van der Waals surface area contributed by atoms with E-state index < -0.39 is 12.0 Å². The SMILES string of the molecule is CC(C(=O)N[C@@H](C(=O)O)c1ccccc1Cl)=C1CNC1. The number of hydrogen-bond acceptors (Lipinski definition) is 3. The zero-order valence-corrected chi connectivity index (χ0v) is 11.7. The van der Waals surface area contributed by atoms with Crippen molar-refractivity contribution in [2.75, 3.05) is 13.1 Å². The van der Waals surface area contributed by atoms with E-state index in [1.54, 1.807) is 31.2 Å². The van der Waals surface area contributed by atoms with Gasteiger partial charge in [-0.3, -0.25) is 4.79 Å². The van der Waals surface area contributed by atoms with E-state index in [-0.39, 0.29) is 5.91 Å². The Balaban J connectivity index is 2.21. The molecule has 1 fully saturated rings. The number of carbonyl (C=O) groups is 2. The fourth-order valence-electron chi connectivity index (χ4n) is 1.90. The van der Waals surface area contributed by atoms with E-state index in [9.17, 15) is 14.7 Å². The second kappa shape index (κ2) is 6.07. The van der Waals surface area contributed by atoms with E-state index in [0.29, 0.717) is 29.2 Å². The van der Waals surface area contributed by atoms with E-state index in [1.165, 1.54) is 0 Å². The van der Waals surface area contributed by atoms with Gasteiger partial charge >= 0.3 is 5.97 Å². The molecule has 1 saturated heterocycles. The smallest absolute Gasteiger partial charge is 0.330 e. The molecule has 0 saturated carbocycles. The molecule has 5 nitrogen and oxygen atoms in total. The molecule has 1 aromatic rings. The summed E-state index contributed by atoms with van der Waals surface area (Å²) in [5.41, 5.74) is 1.92. The van der Waals surface area contributed by atoms with Crippen LogP contribution in [0.3, 0.4) is 0 Å². The molecule has 0 spiro atoms. The molecule has 0 radical (unpaired) electrons. The van der Waals surface area contributed by atoms with E-state index >= 15 is 0 Å². The molecular weight excluding hydrogens is 280 g/mol. The molecule has 1 atom stereocenters. The first-order valence-corrected chi connectivity index (χ1v) is 6.56. The Labute approximate surface area is 121 Å². The van der Waals surface area contributed by atoms with Gasteiger partial charge in [0.25, 0.3) is 0 Å². The van der Waals surface area contributed by atoms with Crippen LogP contribution < -0.4 is 10.6 Å². The van der Waals surface area contributed by atoms with Gasteiger partial charge in [0.15, 0.2) is 6.04 Å². The predicted octanol–water partition coefficient (Wildman–Crippen LogP) is 1.50. The molecule has 1 aliphatic heterocycles. The van der Waals surface area contributed by atoms with Gasteiger partial charge in [-0.15, -0.1) is 0 Å². The largest absolute Gasteiger partial charge is 0.479 e. The van der Waals surface area contributed by atoms with Gasteiger partial charge in [0.05, 0.1) is 0 Å². The fourth-order valence-corrected chi connectivity index (χ4v) is 2.14. The zero-order chi connectivity index (χ0) is 14.7. The number of hydrogen-bond donors (Lipinski definition) is 3. The molecule has 1 heterocycles. The standard InChI is InChI=1S/C14H15ClN2O3/c1-8(9-6-16-7-9)13(18)17-12(14(19)20)10-4-2-3-5-11(10)15/h2-5,12,16H,6-7H2,1H3,(H,17,18)(H,19,20)/t12-/m1/s1. The highest BCUT2D eigenvalue weighted by atomic mass is 35.5. The Morgan fingerprint density at radius 3 is 2.50 bits per heavy atom. The number of aliphatic carboxylic acids is 1. The molecular formula is C14H15ClN2O3. The van der Waals surface area contributed by atoms with E-state index in [1.807, 2.05) is 0 Å². The molecule has 1 aromatic carbocycles. The molecule has 0 bridgehead atoms. The van der Waals surface area contributed by atoms with Crippen molar-refractivity contribution >= 4 is 23.5 Å². The number of carboxylic acids is 1. The number of rotatable bonds is 4. The molecule has 0 unspecified atom stereocenters. The molecule has 20 heavy (non-hydrogen) atoms. The quantitative estimate of drug-likeness (QED) is 0.736. The lowest BCUT2D eigenvalue weighted by atomic mass is 10.0. The first-order chi connectivity index (χ1) is 9.50. The van der Waals surface area contributed by atoms with Crippen LogP contribution >= 0.6 is 11.6 Å². The van der Waals surface area contributed by atoms with Crippen LogP contribution in [0.1, 0.15) is 18.5 Å². The zero-order valence-electron chi connectivity index (χ0n) is 10.9. The van der Waals surface area contributed by atoms with E-state index in [4.69, 9.17) is 11.6 Å². The minimum absolute atomic E-state index is 0.316. The maximum atomic E-state index is 12.1. The minimum Gasteiger partial charge on any atom is -0.479 e. The van der Waals surface area contributed by atoms with Crippen molar-refractivity contribution in [2.24, 2.45) is 0 Å². The van der Waals surface area contributed by atoms with Crippen molar-refractivity contribution in [3.8, 4) is 0 Å². The first kappa shape index (κ1) is 14.6. The molecule has 0 aliphatic carbocycles. The third kappa shape index (κ3) is 3.00. The Morgan fingerprint density at radius 2 is 2.00 bits per heavy atom. The Bertz CT molecular complexity index is 578. The van der Waals surface area contributed by atoms with E-state index in [0.717, 1.165) is 5.57 Å². The van der Waals surface area contributed by atoms with Crippen LogP contribution in [-0.4, -0.2) is 30.1 Å². The monoisotopic (exact) mass is 294 g/mol. The van der Waals surface area contributed by atoms with Gasteiger partial charge < -0.3 is 15.7 Å². The summed E-state index contributed by atoms with van der Waals surface area (Å²) in [4.78, 5) is 23.4. The van der Waals surface area contributed by atoms with Crippen molar-refractivity contribution in [3.63, 3.8) is 0 Å². The number of amides is 1. The van der Waals surface area contributed by atoms with E-state index in [2.05, 4.69) is 10.6 Å². The average Bonchev–Trinajstić information content (AvgIpc) is 2.34. The third-order valence-corrected chi connectivity index (χ3v) is 3.63. The highest BCUT2D eigenvalue weighted by Gasteiger charge is 2.26. The molecule has 3 N–H and O–H groups in total. The topological polar surface area (TPSA) is 78.4 Å². The van der Waals surface area contributed by atoms with Crippen molar-refractivity contribution < 1.29 is 14.7 Å². The lowest BCUT2D eigenvalue weighted by Crippen LogP contribution is -2.39. The normalized spacial score (nSPS) is 15.2. The lowest BCUT2D eigenvalue weighted by Gasteiger charge is -2.23. The van der Waals surface area contributed by atoms with Crippen LogP contribution in [0.2, 0.25) is 5.02 Å². The summed E-state index contributed by atoms with van der Waals surface area (Å²) in [6.45, 7) is 3.03. The fraction of sp³-hybridized carbons (Fsp3) is 0.286. The maximum Gasteiger partial charge on any atom is 0.330 e. The Hall–Kier alpha value is -1.85. The predicted molar refractivity (Wildman–Crippen MR) is 75.5 cm³/mol.